The largest absolute Gasteiger partial charge is 0.497 e. The summed E-state index contributed by atoms with van der Waals surface area (Å²) in [6, 6.07) is 17.1. The number of nitrogens with one attached hydrogen (secondary N) is 1. The highest BCUT2D eigenvalue weighted by Gasteiger charge is 2.30. The minimum Gasteiger partial charge on any atom is -0.497 e. The van der Waals surface area contributed by atoms with Crippen molar-refractivity contribution in [3.63, 3.8) is 0 Å². The number of hydrogen-bond acceptors (Lipinski definition) is 6. The highest BCUT2D eigenvalue weighted by atomic mass is 16.5. The van der Waals surface area contributed by atoms with E-state index in [1.54, 1.807) is 19.1 Å². The first-order valence-electron chi connectivity index (χ1n) is 11.7. The molecular weight excluding hydrogens is 454 g/mol. The number of aliphatic imine (C=N–C) groups is 1. The molecule has 186 valence electrons. The normalized spacial score (nSPS) is 13.5. The summed E-state index contributed by atoms with van der Waals surface area (Å²) in [5, 5.41) is 3.34. The Bertz CT molecular complexity index is 1270. The molecule has 0 saturated heterocycles. The molecule has 1 aromatic heterocycles. The summed E-state index contributed by atoms with van der Waals surface area (Å²) in [5.74, 6) is 2.53. The average Bonchev–Trinajstić information content (AvgIpc) is 2.88. The highest BCUT2D eigenvalue weighted by Crippen LogP contribution is 2.24. The Morgan fingerprint density at radius 1 is 0.889 bits per heavy atom. The maximum Gasteiger partial charge on any atom is 0.352 e. The van der Waals surface area contributed by atoms with Crippen LogP contribution in [-0.2, 0) is 19.6 Å². The topological polar surface area (TPSA) is 79.3 Å². The maximum absolute atomic E-state index is 13.1. The standard InChI is InChI=1S/C28H31N5O3/c1-19-14-20(2)29-15-24(19)16-30-27-31-28(34)33(18-23-8-12-26(36-5)13-9-23)21(3)32(27)17-22-6-10-25(35-4)11-7-22/h6-15H,3,16-18H2,1-2,4-5H3,(H,30,31,34). The van der Waals surface area contributed by atoms with Crippen LogP contribution in [0.4, 0.5) is 4.79 Å². The van der Waals surface area contributed by atoms with E-state index in [1.165, 1.54) is 0 Å². The molecule has 0 fully saturated rings. The number of amides is 2. The summed E-state index contributed by atoms with van der Waals surface area (Å²) in [7, 11) is 3.26. The number of rotatable bonds is 8. The van der Waals surface area contributed by atoms with Crippen LogP contribution in [0.2, 0.25) is 0 Å². The van der Waals surface area contributed by atoms with Gasteiger partial charge in [-0.05, 0) is 66.4 Å². The van der Waals surface area contributed by atoms with Crippen LogP contribution < -0.4 is 14.8 Å². The molecule has 4 rings (SSSR count). The molecular formula is C28H31N5O3. The second-order valence-electron chi connectivity index (χ2n) is 8.61. The van der Waals surface area contributed by atoms with Gasteiger partial charge in [0.1, 0.15) is 17.3 Å². The van der Waals surface area contributed by atoms with Crippen molar-refractivity contribution in [2.75, 3.05) is 14.2 Å². The number of urea groups is 1. The first-order chi connectivity index (χ1) is 17.4. The van der Waals surface area contributed by atoms with E-state index in [-0.39, 0.29) is 6.03 Å². The smallest absolute Gasteiger partial charge is 0.352 e. The minimum absolute atomic E-state index is 0.346. The lowest BCUT2D eigenvalue weighted by Gasteiger charge is -2.37. The highest BCUT2D eigenvalue weighted by molar-refractivity contribution is 5.96. The Balaban J connectivity index is 1.59. The van der Waals surface area contributed by atoms with Crippen molar-refractivity contribution in [1.82, 2.24) is 20.1 Å². The summed E-state index contributed by atoms with van der Waals surface area (Å²) in [6.07, 6.45) is 1.85. The van der Waals surface area contributed by atoms with Crippen molar-refractivity contribution >= 4 is 12.0 Å². The molecule has 0 spiro atoms. The molecule has 8 nitrogen and oxygen atoms in total. The van der Waals surface area contributed by atoms with Crippen LogP contribution in [0.3, 0.4) is 0 Å². The second-order valence-corrected chi connectivity index (χ2v) is 8.61. The van der Waals surface area contributed by atoms with Crippen LogP contribution in [0.5, 0.6) is 11.5 Å². The average molecular weight is 486 g/mol. The van der Waals surface area contributed by atoms with Crippen molar-refractivity contribution in [1.29, 1.82) is 0 Å². The van der Waals surface area contributed by atoms with Gasteiger partial charge < -0.3 is 14.8 Å². The predicted molar refractivity (Wildman–Crippen MR) is 140 cm³/mol. The van der Waals surface area contributed by atoms with Gasteiger partial charge in [-0.2, -0.15) is 4.99 Å². The van der Waals surface area contributed by atoms with E-state index in [2.05, 4.69) is 21.9 Å². The summed E-state index contributed by atoms with van der Waals surface area (Å²) in [5.41, 5.74) is 5.09. The van der Waals surface area contributed by atoms with E-state index >= 15 is 0 Å². The fourth-order valence-corrected chi connectivity index (χ4v) is 3.96. The van der Waals surface area contributed by atoms with Gasteiger partial charge in [-0.25, -0.2) is 4.79 Å². The van der Waals surface area contributed by atoms with Gasteiger partial charge in [0, 0.05) is 18.4 Å². The summed E-state index contributed by atoms with van der Waals surface area (Å²) in [4.78, 5) is 25.4. The van der Waals surface area contributed by atoms with Gasteiger partial charge in [0.2, 0.25) is 5.96 Å². The number of hydrogen-bond donors (Lipinski definition) is 1. The Morgan fingerprint density at radius 3 is 1.97 bits per heavy atom. The van der Waals surface area contributed by atoms with Crippen LogP contribution in [0, 0.1) is 13.8 Å². The molecule has 2 heterocycles. The third kappa shape index (κ3) is 5.66. The van der Waals surface area contributed by atoms with E-state index in [9.17, 15) is 4.79 Å². The molecule has 8 heteroatoms. The third-order valence-electron chi connectivity index (χ3n) is 6.10. The van der Waals surface area contributed by atoms with Crippen molar-refractivity contribution < 1.29 is 14.3 Å². The Morgan fingerprint density at radius 2 is 1.44 bits per heavy atom. The van der Waals surface area contributed by atoms with Gasteiger partial charge >= 0.3 is 6.03 Å². The SMILES string of the molecule is C=C1N(Cc2ccc(OC)cc2)C(=O)N=C(NCc2cnc(C)cc2C)N1Cc1ccc(OC)cc1. The maximum atomic E-state index is 13.1. The van der Waals surface area contributed by atoms with Crippen molar-refractivity contribution in [3.8, 4) is 11.5 Å². The number of aryl methyl sites for hydroxylation is 2. The number of aromatic nitrogens is 1. The number of pyridine rings is 1. The molecule has 2 aromatic carbocycles. The molecule has 1 N–H and O–H groups in total. The molecule has 0 aliphatic carbocycles. The van der Waals surface area contributed by atoms with Gasteiger partial charge in [0.15, 0.2) is 0 Å². The lowest BCUT2D eigenvalue weighted by Crippen LogP contribution is -2.50. The number of benzene rings is 2. The fraction of sp³-hybridized carbons (Fsp3) is 0.250. The van der Waals surface area contributed by atoms with Crippen molar-refractivity contribution in [3.05, 3.63) is 101 Å². The zero-order chi connectivity index (χ0) is 25.7. The first kappa shape index (κ1) is 24.8. The van der Waals surface area contributed by atoms with Crippen LogP contribution in [0.15, 0.2) is 78.2 Å². The Hall–Kier alpha value is -4.33. The number of carbonyl (C=O) groups is 1. The van der Waals surface area contributed by atoms with Gasteiger partial charge in [-0.15, -0.1) is 0 Å². The van der Waals surface area contributed by atoms with Gasteiger partial charge in [-0.1, -0.05) is 30.8 Å². The molecule has 1 aliphatic rings. The molecule has 3 aromatic rings. The molecule has 2 amide bonds. The molecule has 36 heavy (non-hydrogen) atoms. The number of guanidine groups is 1. The summed E-state index contributed by atoms with van der Waals surface area (Å²) < 4.78 is 10.5. The van der Waals surface area contributed by atoms with E-state index in [4.69, 9.17) is 9.47 Å². The summed E-state index contributed by atoms with van der Waals surface area (Å²) >= 11 is 0. The van der Waals surface area contributed by atoms with E-state index in [1.807, 2.05) is 79.5 Å². The first-order valence-corrected chi connectivity index (χ1v) is 11.7. The Labute approximate surface area is 211 Å². The Kier molecular flexibility index (Phi) is 7.53. The molecule has 0 saturated carbocycles. The third-order valence-corrected chi connectivity index (χ3v) is 6.10. The predicted octanol–water partition coefficient (Wildman–Crippen LogP) is 4.77. The van der Waals surface area contributed by atoms with Crippen molar-refractivity contribution in [2.45, 2.75) is 33.5 Å². The van der Waals surface area contributed by atoms with Gasteiger partial charge in [0.25, 0.3) is 0 Å². The lowest BCUT2D eigenvalue weighted by molar-refractivity contribution is 0.197. The zero-order valence-electron chi connectivity index (χ0n) is 21.1. The lowest BCUT2D eigenvalue weighted by atomic mass is 10.1. The fourth-order valence-electron chi connectivity index (χ4n) is 3.96. The molecule has 1 aliphatic heterocycles. The minimum atomic E-state index is -0.372. The van der Waals surface area contributed by atoms with Crippen LogP contribution in [0.1, 0.15) is 27.9 Å². The number of carbonyl (C=O) groups excluding carboxylic acids is 1. The van der Waals surface area contributed by atoms with Crippen molar-refractivity contribution in [2.24, 2.45) is 4.99 Å². The van der Waals surface area contributed by atoms with E-state index < -0.39 is 0 Å². The molecule has 0 atom stereocenters. The van der Waals surface area contributed by atoms with Gasteiger partial charge in [0.05, 0.1) is 27.3 Å². The molecule has 0 radical (unpaired) electrons. The van der Waals surface area contributed by atoms with Crippen LogP contribution in [-0.4, -0.2) is 41.0 Å². The monoisotopic (exact) mass is 485 g/mol. The van der Waals surface area contributed by atoms with Gasteiger partial charge in [-0.3, -0.25) is 14.8 Å². The van der Waals surface area contributed by atoms with E-state index in [0.717, 1.165) is 39.4 Å². The number of nitrogens with zero attached hydrogens (tertiary/aromatic N) is 4. The zero-order valence-corrected chi connectivity index (χ0v) is 21.1. The number of methoxy groups -OCH3 is 2. The van der Waals surface area contributed by atoms with E-state index in [0.29, 0.717) is 31.4 Å². The molecule has 0 bridgehead atoms. The molecule has 0 unspecified atom stereocenters. The summed E-state index contributed by atoms with van der Waals surface area (Å²) in [6.45, 7) is 9.59. The van der Waals surface area contributed by atoms with Crippen LogP contribution >= 0.6 is 0 Å². The number of ether oxygens (including phenoxy) is 2. The van der Waals surface area contributed by atoms with Crippen LogP contribution in [0.25, 0.3) is 0 Å². The quantitative estimate of drug-likeness (QED) is 0.495. The second kappa shape index (κ2) is 10.9.